The summed E-state index contributed by atoms with van der Waals surface area (Å²) in [6.07, 6.45) is 3.81. The summed E-state index contributed by atoms with van der Waals surface area (Å²) in [6.45, 7) is 4.85. The molecule has 2 aromatic rings. The Hall–Kier alpha value is -2.17. The molecule has 0 bridgehead atoms. The number of fused-ring (bicyclic) bond motifs is 1. The van der Waals surface area contributed by atoms with Crippen molar-refractivity contribution in [1.29, 1.82) is 0 Å². The van der Waals surface area contributed by atoms with Crippen LogP contribution in [0, 0.1) is 0 Å². The molecule has 1 saturated heterocycles. The van der Waals surface area contributed by atoms with E-state index >= 15 is 0 Å². The van der Waals surface area contributed by atoms with Crippen molar-refractivity contribution in [1.82, 2.24) is 15.0 Å². The normalized spacial score (nSPS) is 23.0. The zero-order valence-corrected chi connectivity index (χ0v) is 14.2. The zero-order valence-electron chi connectivity index (χ0n) is 14.2. The summed E-state index contributed by atoms with van der Waals surface area (Å²) in [4.78, 5) is 19.7. The van der Waals surface area contributed by atoms with Crippen LogP contribution in [0.5, 0.6) is 0 Å². The average molecular weight is 325 g/mol. The Bertz CT molecular complexity index is 753. The third kappa shape index (κ3) is 2.52. The van der Waals surface area contributed by atoms with Crippen molar-refractivity contribution in [2.75, 3.05) is 6.54 Å². The van der Waals surface area contributed by atoms with Crippen LogP contribution in [0.15, 0.2) is 28.8 Å². The van der Waals surface area contributed by atoms with Crippen LogP contribution in [0.4, 0.5) is 0 Å². The van der Waals surface area contributed by atoms with Crippen LogP contribution in [0.2, 0.25) is 0 Å². The molecule has 5 heteroatoms. The summed E-state index contributed by atoms with van der Waals surface area (Å²) < 4.78 is 5.35. The molecular formula is C19H23N3O2. The van der Waals surface area contributed by atoms with Gasteiger partial charge in [0.1, 0.15) is 0 Å². The second kappa shape index (κ2) is 6.04. The van der Waals surface area contributed by atoms with Gasteiger partial charge in [-0.1, -0.05) is 43.3 Å². The van der Waals surface area contributed by atoms with Gasteiger partial charge in [-0.25, -0.2) is 0 Å². The van der Waals surface area contributed by atoms with E-state index in [1.165, 1.54) is 11.1 Å². The quantitative estimate of drug-likeness (QED) is 0.865. The SMILES string of the molecule is CC(C)c1nc([C@H]2CCCN2C(=O)[C@@H]2CCc3ccccc32)no1. The van der Waals surface area contributed by atoms with E-state index in [4.69, 9.17) is 4.52 Å². The van der Waals surface area contributed by atoms with Crippen molar-refractivity contribution in [3.05, 3.63) is 47.1 Å². The molecule has 126 valence electrons. The highest BCUT2D eigenvalue weighted by Crippen LogP contribution is 2.39. The summed E-state index contributed by atoms with van der Waals surface area (Å²) >= 11 is 0. The molecule has 0 saturated carbocycles. The van der Waals surface area contributed by atoms with Crippen LogP contribution in [-0.2, 0) is 11.2 Å². The fourth-order valence-electron chi connectivity index (χ4n) is 3.93. The molecule has 1 aromatic heterocycles. The third-order valence-corrected chi connectivity index (χ3v) is 5.22. The van der Waals surface area contributed by atoms with E-state index in [2.05, 4.69) is 28.3 Å². The fourth-order valence-corrected chi connectivity index (χ4v) is 3.93. The lowest BCUT2D eigenvalue weighted by molar-refractivity contribution is -0.133. The number of carbonyl (C=O) groups excluding carboxylic acids is 1. The van der Waals surface area contributed by atoms with Crippen molar-refractivity contribution in [3.63, 3.8) is 0 Å². The van der Waals surface area contributed by atoms with Gasteiger partial charge in [-0.3, -0.25) is 4.79 Å². The zero-order chi connectivity index (χ0) is 16.7. The smallest absolute Gasteiger partial charge is 0.230 e. The molecule has 1 fully saturated rings. The number of hydrogen-bond donors (Lipinski definition) is 0. The van der Waals surface area contributed by atoms with E-state index < -0.39 is 0 Å². The Kier molecular flexibility index (Phi) is 3.87. The number of nitrogens with zero attached hydrogens (tertiary/aromatic N) is 3. The molecule has 1 aliphatic heterocycles. The van der Waals surface area contributed by atoms with Gasteiger partial charge in [-0.2, -0.15) is 4.98 Å². The number of carbonyl (C=O) groups is 1. The van der Waals surface area contributed by atoms with Gasteiger partial charge in [0, 0.05) is 12.5 Å². The maximum Gasteiger partial charge on any atom is 0.230 e. The van der Waals surface area contributed by atoms with E-state index in [1.807, 2.05) is 24.8 Å². The minimum Gasteiger partial charge on any atom is -0.339 e. The number of hydrogen-bond acceptors (Lipinski definition) is 4. The van der Waals surface area contributed by atoms with Gasteiger partial charge < -0.3 is 9.42 Å². The van der Waals surface area contributed by atoms with Gasteiger partial charge in [0.25, 0.3) is 0 Å². The largest absolute Gasteiger partial charge is 0.339 e. The van der Waals surface area contributed by atoms with Crippen molar-refractivity contribution < 1.29 is 9.32 Å². The number of rotatable bonds is 3. The molecule has 5 nitrogen and oxygen atoms in total. The highest BCUT2D eigenvalue weighted by atomic mass is 16.5. The number of aryl methyl sites for hydroxylation is 1. The van der Waals surface area contributed by atoms with E-state index in [1.54, 1.807) is 0 Å². The van der Waals surface area contributed by atoms with Crippen LogP contribution >= 0.6 is 0 Å². The third-order valence-electron chi connectivity index (χ3n) is 5.22. The predicted molar refractivity (Wildman–Crippen MR) is 89.6 cm³/mol. The molecule has 0 radical (unpaired) electrons. The first-order valence-corrected chi connectivity index (χ1v) is 8.87. The average Bonchev–Trinajstić information content (AvgIpc) is 3.31. The highest BCUT2D eigenvalue weighted by Gasteiger charge is 2.39. The van der Waals surface area contributed by atoms with Gasteiger partial charge >= 0.3 is 0 Å². The van der Waals surface area contributed by atoms with Gasteiger partial charge in [-0.05, 0) is 36.8 Å². The van der Waals surface area contributed by atoms with Crippen LogP contribution < -0.4 is 0 Å². The molecule has 0 spiro atoms. The summed E-state index contributed by atoms with van der Waals surface area (Å²) in [6, 6.07) is 8.28. The van der Waals surface area contributed by atoms with Crippen molar-refractivity contribution in [2.45, 2.75) is 57.4 Å². The van der Waals surface area contributed by atoms with E-state index in [0.717, 1.165) is 32.2 Å². The minimum atomic E-state index is -0.0403. The molecule has 4 rings (SSSR count). The summed E-state index contributed by atoms with van der Waals surface area (Å²) in [5.41, 5.74) is 2.51. The van der Waals surface area contributed by atoms with Gasteiger partial charge in [-0.15, -0.1) is 0 Å². The first kappa shape index (κ1) is 15.4. The van der Waals surface area contributed by atoms with Crippen LogP contribution in [0.25, 0.3) is 0 Å². The molecule has 2 atom stereocenters. The fraction of sp³-hybridized carbons (Fsp3) is 0.526. The van der Waals surface area contributed by atoms with Gasteiger partial charge in [0.15, 0.2) is 5.82 Å². The Morgan fingerprint density at radius 2 is 2.12 bits per heavy atom. The first-order valence-electron chi connectivity index (χ1n) is 8.87. The molecule has 2 heterocycles. The molecule has 0 unspecified atom stereocenters. The van der Waals surface area contributed by atoms with Gasteiger partial charge in [0.2, 0.25) is 11.8 Å². The molecule has 1 amide bonds. The van der Waals surface area contributed by atoms with E-state index in [9.17, 15) is 4.79 Å². The minimum absolute atomic E-state index is 0.0155. The van der Waals surface area contributed by atoms with Crippen molar-refractivity contribution >= 4 is 5.91 Å². The number of aromatic nitrogens is 2. The number of benzene rings is 1. The summed E-state index contributed by atoms with van der Waals surface area (Å²) in [7, 11) is 0. The maximum atomic E-state index is 13.2. The highest BCUT2D eigenvalue weighted by molar-refractivity contribution is 5.85. The monoisotopic (exact) mass is 325 g/mol. The van der Waals surface area contributed by atoms with Crippen LogP contribution in [0.3, 0.4) is 0 Å². The number of likely N-dealkylation sites (tertiary alicyclic amines) is 1. The lowest BCUT2D eigenvalue weighted by atomic mass is 9.99. The molecule has 0 N–H and O–H groups in total. The Morgan fingerprint density at radius 1 is 1.29 bits per heavy atom. The molecular weight excluding hydrogens is 302 g/mol. The predicted octanol–water partition coefficient (Wildman–Crippen LogP) is 3.59. The molecule has 24 heavy (non-hydrogen) atoms. The summed E-state index contributed by atoms with van der Waals surface area (Å²) in [5, 5.41) is 4.14. The molecule has 1 aliphatic carbocycles. The molecule has 2 aliphatic rings. The topological polar surface area (TPSA) is 59.2 Å². The van der Waals surface area contributed by atoms with E-state index in [0.29, 0.717) is 11.7 Å². The Morgan fingerprint density at radius 3 is 2.92 bits per heavy atom. The number of amides is 1. The van der Waals surface area contributed by atoms with Crippen molar-refractivity contribution in [2.24, 2.45) is 0 Å². The van der Waals surface area contributed by atoms with E-state index in [-0.39, 0.29) is 23.8 Å². The Labute approximate surface area is 142 Å². The lowest BCUT2D eigenvalue weighted by Gasteiger charge is -2.25. The lowest BCUT2D eigenvalue weighted by Crippen LogP contribution is -2.34. The van der Waals surface area contributed by atoms with Crippen LogP contribution in [0.1, 0.15) is 73.8 Å². The first-order chi connectivity index (χ1) is 11.6. The second-order valence-corrected chi connectivity index (χ2v) is 7.13. The Balaban J connectivity index is 1.57. The second-order valence-electron chi connectivity index (χ2n) is 7.13. The van der Waals surface area contributed by atoms with Crippen LogP contribution in [-0.4, -0.2) is 27.5 Å². The summed E-state index contributed by atoms with van der Waals surface area (Å²) in [5.74, 6) is 1.72. The molecule has 1 aromatic carbocycles. The van der Waals surface area contributed by atoms with Gasteiger partial charge in [0.05, 0.1) is 12.0 Å². The standard InChI is InChI=1S/C19H23N3O2/c1-12(2)18-20-17(21-24-18)16-8-5-11-22(16)19(23)15-10-9-13-6-3-4-7-14(13)15/h3-4,6-7,12,15-16H,5,8-11H2,1-2H3/t15-,16-/m1/s1. The van der Waals surface area contributed by atoms with Crippen molar-refractivity contribution in [3.8, 4) is 0 Å². The maximum absolute atomic E-state index is 13.2.